The van der Waals surface area contributed by atoms with E-state index in [1.165, 1.54) is 22.7 Å². The van der Waals surface area contributed by atoms with Crippen molar-refractivity contribution in [2.75, 3.05) is 16.3 Å². The second kappa shape index (κ2) is 13.0. The zero-order valence-corrected chi connectivity index (χ0v) is 27.9. The summed E-state index contributed by atoms with van der Waals surface area (Å²) in [5, 5.41) is 1.80. The number of ether oxygens (including phenoxy) is 1. The van der Waals surface area contributed by atoms with Crippen molar-refractivity contribution < 1.29 is 44.5 Å². The quantitative estimate of drug-likeness (QED) is 0.0560. The van der Waals surface area contributed by atoms with E-state index in [1.54, 1.807) is 35.5 Å². The summed E-state index contributed by atoms with van der Waals surface area (Å²) in [5.74, 6) is -4.49. The van der Waals surface area contributed by atoms with Gasteiger partial charge in [0, 0.05) is 0 Å². The maximum atomic E-state index is 15.7. The van der Waals surface area contributed by atoms with E-state index in [2.05, 4.69) is 17.9 Å². The summed E-state index contributed by atoms with van der Waals surface area (Å²) in [4.78, 5) is 4.44. The van der Waals surface area contributed by atoms with Gasteiger partial charge < -0.3 is 0 Å². The van der Waals surface area contributed by atoms with E-state index in [1.807, 2.05) is 48.5 Å². The Kier molecular flexibility index (Phi) is 9.20. The van der Waals surface area contributed by atoms with Gasteiger partial charge in [0.1, 0.15) is 0 Å². The van der Waals surface area contributed by atoms with Crippen LogP contribution in [0.5, 0.6) is 5.75 Å². The Bertz CT molecular complexity index is 1940. The molecular formula is C35H27F5N2ORuS2+. The van der Waals surface area contributed by atoms with E-state index < -0.39 is 51.9 Å². The molecule has 11 heteroatoms. The van der Waals surface area contributed by atoms with Crippen LogP contribution in [-0.2, 0) is 17.9 Å². The number of anilines is 2. The zero-order chi connectivity index (χ0) is 32.7. The minimum atomic E-state index is -1.12. The van der Waals surface area contributed by atoms with Crippen LogP contribution in [0.25, 0.3) is 10.8 Å². The summed E-state index contributed by atoms with van der Waals surface area (Å²) in [6.07, 6.45) is -1.11. The molecule has 0 radical (unpaired) electrons. The molecule has 0 unspecified atom stereocenters. The fraction of sp³-hybridized carbons (Fsp3) is 0.171. The molecule has 0 aliphatic carbocycles. The minimum absolute atomic E-state index is 0.00901. The van der Waals surface area contributed by atoms with Gasteiger partial charge in [-0.2, -0.15) is 0 Å². The van der Waals surface area contributed by atoms with Crippen molar-refractivity contribution in [3.05, 3.63) is 126 Å². The molecule has 6 rings (SSSR count). The summed E-state index contributed by atoms with van der Waals surface area (Å²) in [5.41, 5.74) is -1.83. The standard InChI is InChI=1S/C35H27F5N2OS2.Ru/c1-20-8-4-7-11-29(20)43-34(45-32-24-10-6-5-9-21(24)12-15-30(32)44)33-41(28-14-13-22(36)16-25(28)38)19-35(2,3)42(33)31-26(39)17-23(37)18-27(31)40;/h1,4-18,33-34,44H,19H2,2-3H3;/q;+1/t33-,34+;/m0./s1. The Hall–Kier alpha value is -3.40. The van der Waals surface area contributed by atoms with Crippen LogP contribution in [0.15, 0.2) is 101 Å². The molecule has 1 saturated heterocycles. The molecule has 5 aromatic rings. The van der Waals surface area contributed by atoms with E-state index in [4.69, 9.17) is 17.4 Å². The van der Waals surface area contributed by atoms with Gasteiger partial charge >= 0.3 is 284 Å². The predicted octanol–water partition coefficient (Wildman–Crippen LogP) is 9.15. The Morgan fingerprint density at radius 2 is 1.54 bits per heavy atom. The molecule has 237 valence electrons. The molecule has 5 aromatic carbocycles. The van der Waals surface area contributed by atoms with E-state index in [9.17, 15) is 8.78 Å². The number of benzene rings is 5. The first kappa shape index (κ1) is 32.5. The number of rotatable bonds is 8. The van der Waals surface area contributed by atoms with E-state index >= 15 is 13.2 Å². The van der Waals surface area contributed by atoms with Crippen LogP contribution < -0.4 is 14.5 Å². The Morgan fingerprint density at radius 3 is 2.26 bits per heavy atom. The number of halogens is 5. The molecule has 1 aliphatic heterocycles. The summed E-state index contributed by atoms with van der Waals surface area (Å²) in [7, 11) is 0. The average Bonchev–Trinajstić information content (AvgIpc) is 3.28. The topological polar surface area (TPSA) is 15.7 Å². The normalized spacial score (nSPS) is 16.6. The third-order valence-corrected chi connectivity index (χ3v) is 10.2. The fourth-order valence-corrected chi connectivity index (χ4v) is 7.95. The van der Waals surface area contributed by atoms with Gasteiger partial charge in [-0.15, -0.1) is 0 Å². The molecule has 1 fully saturated rings. The van der Waals surface area contributed by atoms with Crippen molar-refractivity contribution in [3.63, 3.8) is 0 Å². The molecule has 0 spiro atoms. The second-order valence-electron chi connectivity index (χ2n) is 11.4. The molecule has 0 amide bonds. The van der Waals surface area contributed by atoms with Crippen molar-refractivity contribution >= 4 is 51.1 Å². The summed E-state index contributed by atoms with van der Waals surface area (Å²) >= 11 is 8.46. The number of fused-ring (bicyclic) bond motifs is 1. The van der Waals surface area contributed by atoms with Gasteiger partial charge in [0.15, 0.2) is 0 Å². The molecule has 46 heavy (non-hydrogen) atoms. The molecular weight excluding hydrogens is 725 g/mol. The van der Waals surface area contributed by atoms with Crippen molar-refractivity contribution in [2.45, 2.75) is 40.8 Å². The number of thiol groups is 1. The Balaban J connectivity index is 1.62. The van der Waals surface area contributed by atoms with Crippen LogP contribution in [0.1, 0.15) is 19.4 Å². The van der Waals surface area contributed by atoms with E-state index in [-0.39, 0.29) is 12.2 Å². The summed E-state index contributed by atoms with van der Waals surface area (Å²) < 4.78 is 83.9. The molecule has 0 bridgehead atoms. The molecule has 3 nitrogen and oxygen atoms in total. The first-order valence-corrected chi connectivity index (χ1v) is 16.5. The van der Waals surface area contributed by atoms with Gasteiger partial charge in [-0.1, -0.05) is 0 Å². The van der Waals surface area contributed by atoms with Crippen molar-refractivity contribution in [3.8, 4) is 5.75 Å². The Morgan fingerprint density at radius 1 is 0.870 bits per heavy atom. The van der Waals surface area contributed by atoms with Gasteiger partial charge in [0.2, 0.25) is 0 Å². The van der Waals surface area contributed by atoms with Crippen molar-refractivity contribution in [1.29, 1.82) is 0 Å². The van der Waals surface area contributed by atoms with Crippen LogP contribution in [0.3, 0.4) is 0 Å². The van der Waals surface area contributed by atoms with Crippen molar-refractivity contribution in [1.82, 2.24) is 0 Å². The monoisotopic (exact) mass is 752 g/mol. The molecule has 0 aromatic heterocycles. The van der Waals surface area contributed by atoms with Crippen LogP contribution >= 0.6 is 24.4 Å². The average molecular weight is 752 g/mol. The van der Waals surface area contributed by atoms with E-state index in [0.717, 1.165) is 33.4 Å². The number of para-hydroxylation sites is 1. The van der Waals surface area contributed by atoms with Crippen LogP contribution in [0.2, 0.25) is 0 Å². The molecule has 0 N–H and O–H groups in total. The molecule has 1 heterocycles. The second-order valence-corrected chi connectivity index (χ2v) is 13.5. The number of thioether (sulfide) groups is 1. The maximum absolute atomic E-state index is 15.7. The summed E-state index contributed by atoms with van der Waals surface area (Å²) in [6, 6.07) is 23.2. The Labute approximate surface area is 283 Å². The van der Waals surface area contributed by atoms with Gasteiger partial charge in [0.25, 0.3) is 0 Å². The molecule has 2 atom stereocenters. The van der Waals surface area contributed by atoms with Crippen LogP contribution in [0, 0.1) is 29.1 Å². The van der Waals surface area contributed by atoms with Gasteiger partial charge in [0.05, 0.1) is 0 Å². The molecule has 1 aliphatic rings. The number of nitrogens with zero attached hydrogens (tertiary/aromatic N) is 2. The first-order valence-electron chi connectivity index (χ1n) is 14.2. The summed E-state index contributed by atoms with van der Waals surface area (Å²) in [6.45, 7) is 3.55. The van der Waals surface area contributed by atoms with Crippen LogP contribution in [0.4, 0.5) is 33.3 Å². The fourth-order valence-electron chi connectivity index (χ4n) is 5.91. The third kappa shape index (κ3) is 6.17. The van der Waals surface area contributed by atoms with Gasteiger partial charge in [-0.05, 0) is 0 Å². The van der Waals surface area contributed by atoms with E-state index in [0.29, 0.717) is 22.8 Å². The van der Waals surface area contributed by atoms with Crippen LogP contribution in [-0.4, -0.2) is 28.3 Å². The number of hydrogen-bond donors (Lipinski definition) is 1. The van der Waals surface area contributed by atoms with Gasteiger partial charge in [-0.25, -0.2) is 0 Å². The zero-order valence-electron chi connectivity index (χ0n) is 24.5. The third-order valence-electron chi connectivity index (χ3n) is 7.84. The predicted molar refractivity (Wildman–Crippen MR) is 173 cm³/mol. The van der Waals surface area contributed by atoms with Gasteiger partial charge in [-0.3, -0.25) is 0 Å². The first-order chi connectivity index (χ1) is 22.0. The molecule has 0 saturated carbocycles. The number of hydrogen-bond acceptors (Lipinski definition) is 5. The van der Waals surface area contributed by atoms with Crippen molar-refractivity contribution in [2.24, 2.45) is 0 Å². The SMILES string of the molecule is CC1(C)CN(c2ccc(F)cc2F)[C@H]([C@H](Oc2ccccc2[CH]=[Ru+])Sc2c(S)ccc3ccccc23)N1c1c(F)cc(F)cc1F.